The molecule has 1 rings (SSSR count). The van der Waals surface area contributed by atoms with E-state index in [1.54, 1.807) is 0 Å². The fraction of sp³-hybridized carbons (Fsp3) is 0.818. The van der Waals surface area contributed by atoms with E-state index in [4.69, 9.17) is 19.6 Å². The van der Waals surface area contributed by atoms with Gasteiger partial charge in [-0.1, -0.05) is 131 Å². The van der Waals surface area contributed by atoms with Gasteiger partial charge in [-0.25, -0.2) is 4.31 Å². The number of aliphatic hydroxyl groups excluding tert-OH is 3. The Hall–Kier alpha value is -0.280. The van der Waals surface area contributed by atoms with Crippen LogP contribution in [-0.4, -0.2) is 59.8 Å². The number of aryl methyl sites for hydroxylation is 1. The third-order valence-corrected chi connectivity index (χ3v) is 9.48. The van der Waals surface area contributed by atoms with Crippen LogP contribution in [0.25, 0.3) is 0 Å². The topological polar surface area (TPSA) is 171 Å². The molecule has 11 heteroatoms. The zero-order valence-electron chi connectivity index (χ0n) is 28.8. The van der Waals surface area contributed by atoms with Gasteiger partial charge in [-0.15, -0.1) is 0 Å². The molecule has 1 aromatic rings. The van der Waals surface area contributed by atoms with E-state index in [9.17, 15) is 20.4 Å². The Labute approximate surface area is 269 Å². The molecule has 0 fully saturated rings. The second-order valence-corrected chi connectivity index (χ2v) is 16.4. The van der Waals surface area contributed by atoms with Gasteiger partial charge in [-0.2, -0.15) is 0 Å². The molecule has 0 radical (unpaired) electrons. The Kier molecular flexibility index (Phi) is 20.0. The van der Waals surface area contributed by atoms with Crippen molar-refractivity contribution in [3.8, 4) is 0 Å². The number of benzene rings is 1. The molecule has 8 N–H and O–H groups in total. The highest BCUT2D eigenvalue weighted by atomic mass is 31.2. The van der Waals surface area contributed by atoms with E-state index < -0.39 is 48.0 Å². The van der Waals surface area contributed by atoms with Crippen LogP contribution < -0.4 is 0 Å². The molecule has 0 amide bonds. The highest BCUT2D eigenvalue weighted by Crippen LogP contribution is 2.50. The first-order chi connectivity index (χ1) is 20.2. The maximum atomic E-state index is 12.6. The van der Waals surface area contributed by atoms with E-state index >= 15 is 0 Å². The first-order valence-electron chi connectivity index (χ1n) is 16.0. The number of hydrogen-bond donors (Lipinski definition) is 8. The number of rotatable bonds is 18. The molecule has 0 bridgehead atoms. The van der Waals surface area contributed by atoms with Gasteiger partial charge in [-0.05, 0) is 46.8 Å². The molecule has 0 saturated heterocycles. The molecule has 0 spiro atoms. The van der Waals surface area contributed by atoms with Gasteiger partial charge < -0.3 is 40.0 Å². The number of hydrogen-bond acceptors (Lipinski definition) is 9. The van der Waals surface area contributed by atoms with E-state index in [1.807, 2.05) is 0 Å². The van der Waals surface area contributed by atoms with Gasteiger partial charge in [0.05, 0.1) is 25.2 Å². The van der Waals surface area contributed by atoms with Crippen LogP contribution in [0, 0.1) is 18.3 Å². The molecule has 1 aromatic carbocycles. The Bertz CT molecular complexity index is 874. The minimum Gasteiger partial charge on any atom is -0.395 e. The monoisotopic (exact) mass is 666 g/mol. The lowest BCUT2D eigenvalue weighted by atomic mass is 9.60. The Morgan fingerprint density at radius 3 is 1.32 bits per heavy atom. The summed E-state index contributed by atoms with van der Waals surface area (Å²) in [5.74, 6) is 0.786. The van der Waals surface area contributed by atoms with Gasteiger partial charge in [0.1, 0.15) is 5.60 Å². The molecular formula is C33H64O9P2. The lowest BCUT2D eigenvalue weighted by molar-refractivity contribution is -0.165. The average Bonchev–Trinajstić information content (AvgIpc) is 2.89. The molecule has 0 saturated carbocycles. The highest BCUT2D eigenvalue weighted by molar-refractivity contribution is 7.53. The van der Waals surface area contributed by atoms with Gasteiger partial charge in [0.25, 0.3) is 0 Å². The summed E-state index contributed by atoms with van der Waals surface area (Å²) in [6, 6.07) is 4.26. The van der Waals surface area contributed by atoms with Crippen molar-refractivity contribution < 1.29 is 44.3 Å². The smallest absolute Gasteiger partial charge is 0.334 e. The average molecular weight is 667 g/mol. The lowest BCUT2D eigenvalue weighted by Crippen LogP contribution is -2.55. The van der Waals surface area contributed by atoms with Crippen LogP contribution in [0.3, 0.4) is 0 Å². The summed E-state index contributed by atoms with van der Waals surface area (Å²) in [5.41, 5.74) is 0.382. The molecule has 9 nitrogen and oxygen atoms in total. The van der Waals surface area contributed by atoms with E-state index in [0.29, 0.717) is 6.42 Å². The zero-order valence-corrected chi connectivity index (χ0v) is 30.6. The van der Waals surface area contributed by atoms with E-state index in [2.05, 4.69) is 78.8 Å². The van der Waals surface area contributed by atoms with Crippen molar-refractivity contribution >= 4 is 17.2 Å². The van der Waals surface area contributed by atoms with Crippen molar-refractivity contribution in [3.63, 3.8) is 0 Å². The molecule has 0 heterocycles. The van der Waals surface area contributed by atoms with E-state index in [-0.39, 0.29) is 10.8 Å². The quantitative estimate of drug-likeness (QED) is 0.0625. The minimum atomic E-state index is -2.61. The van der Waals surface area contributed by atoms with Crippen molar-refractivity contribution in [2.45, 2.75) is 143 Å². The Morgan fingerprint density at radius 2 is 1.02 bits per heavy atom. The van der Waals surface area contributed by atoms with Crippen LogP contribution in [-0.2, 0) is 20.7 Å². The second kappa shape index (κ2) is 20.2. The molecule has 44 heavy (non-hydrogen) atoms. The van der Waals surface area contributed by atoms with Crippen molar-refractivity contribution in [1.29, 1.82) is 0 Å². The summed E-state index contributed by atoms with van der Waals surface area (Å²) in [7, 11) is -5.22. The minimum absolute atomic E-state index is 0.267. The van der Waals surface area contributed by atoms with Gasteiger partial charge >= 0.3 is 17.2 Å². The fourth-order valence-electron chi connectivity index (χ4n) is 5.67. The SMILES string of the molecule is Cc1cc(C(C)(C)C)c(C(O)(CCCCCCCCCCC(C)C)C(CO)(CO)CO)c(C(C)(C)C)c1.OP(O)OP(O)O. The molecular weight excluding hydrogens is 602 g/mol. The van der Waals surface area contributed by atoms with Crippen LogP contribution >= 0.6 is 17.2 Å². The summed E-state index contributed by atoms with van der Waals surface area (Å²) < 4.78 is 3.60. The predicted octanol–water partition coefficient (Wildman–Crippen LogP) is 6.72. The van der Waals surface area contributed by atoms with Crippen LogP contribution in [0.2, 0.25) is 0 Å². The first-order valence-corrected chi connectivity index (χ1v) is 18.3. The van der Waals surface area contributed by atoms with Crippen LogP contribution in [0.5, 0.6) is 0 Å². The summed E-state index contributed by atoms with van der Waals surface area (Å²) in [6.07, 6.45) is 10.9. The molecule has 0 aliphatic carbocycles. The van der Waals surface area contributed by atoms with Gasteiger partial charge in [-0.3, -0.25) is 0 Å². The van der Waals surface area contributed by atoms with Crippen LogP contribution in [0.15, 0.2) is 12.1 Å². The predicted molar refractivity (Wildman–Crippen MR) is 181 cm³/mol. The molecule has 0 aliphatic rings. The van der Waals surface area contributed by atoms with E-state index in [1.165, 1.54) is 38.5 Å². The van der Waals surface area contributed by atoms with E-state index in [0.717, 1.165) is 47.4 Å². The molecule has 0 aromatic heterocycles. The van der Waals surface area contributed by atoms with Crippen molar-refractivity contribution in [2.24, 2.45) is 11.3 Å². The Balaban J connectivity index is 0.00000234. The third kappa shape index (κ3) is 14.2. The van der Waals surface area contributed by atoms with Gasteiger partial charge in [0.2, 0.25) is 0 Å². The van der Waals surface area contributed by atoms with Crippen molar-refractivity contribution in [1.82, 2.24) is 0 Å². The first kappa shape index (κ1) is 43.7. The molecule has 1 atom stereocenters. The lowest BCUT2D eigenvalue weighted by Gasteiger charge is -2.49. The van der Waals surface area contributed by atoms with Crippen molar-refractivity contribution in [2.75, 3.05) is 19.8 Å². The highest BCUT2D eigenvalue weighted by Gasteiger charge is 2.53. The Morgan fingerprint density at radius 1 is 0.659 bits per heavy atom. The summed E-state index contributed by atoms with van der Waals surface area (Å²) in [5, 5.41) is 44.2. The molecule has 1 unspecified atom stereocenters. The number of aliphatic hydroxyl groups is 4. The zero-order chi connectivity index (χ0) is 34.4. The summed E-state index contributed by atoms with van der Waals surface area (Å²) >= 11 is 0. The van der Waals surface area contributed by atoms with Crippen molar-refractivity contribution in [3.05, 3.63) is 34.4 Å². The third-order valence-electron chi connectivity index (χ3n) is 8.31. The van der Waals surface area contributed by atoms with Gasteiger partial charge in [0, 0.05) is 0 Å². The normalized spacial score (nSPS) is 14.3. The summed E-state index contributed by atoms with van der Waals surface area (Å²) in [6.45, 7) is 18.0. The van der Waals surface area contributed by atoms with Crippen LogP contribution in [0.4, 0.5) is 0 Å². The largest absolute Gasteiger partial charge is 0.395 e. The molecule has 0 aliphatic heterocycles. The van der Waals surface area contributed by atoms with Gasteiger partial charge in [0.15, 0.2) is 0 Å². The maximum absolute atomic E-state index is 12.6. The standard InChI is InChI=1S/C33H60O4.H4O5P2/c1-25(2)18-16-14-12-10-11-13-15-17-19-33(37,32(22-34,23-35)24-36)29-27(30(4,5)6)20-26(3)21-28(29)31(7,8)9;1-6(2)5-7(3)4/h20-21,25,34-37H,10-19,22-24H2,1-9H3;1-4H. The molecule has 260 valence electrons. The van der Waals surface area contributed by atoms with Crippen LogP contribution in [0.1, 0.15) is 142 Å². The second-order valence-electron chi connectivity index (χ2n) is 14.7. The number of unbranched alkanes of at least 4 members (excludes halogenated alkanes) is 7. The maximum Gasteiger partial charge on any atom is 0.334 e. The fourth-order valence-corrected chi connectivity index (χ4v) is 6.19. The summed E-state index contributed by atoms with van der Waals surface area (Å²) in [4.78, 5) is 31.3.